The second kappa shape index (κ2) is 15.0. The van der Waals surface area contributed by atoms with E-state index in [0.717, 1.165) is 32.1 Å². The van der Waals surface area contributed by atoms with E-state index in [0.29, 0.717) is 49.8 Å². The van der Waals surface area contributed by atoms with Crippen LogP contribution in [0, 0.1) is 0 Å². The first-order chi connectivity index (χ1) is 16.0. The van der Waals surface area contributed by atoms with Crippen LogP contribution in [0.1, 0.15) is 70.4 Å². The number of halogens is 1. The lowest BCUT2D eigenvalue weighted by Gasteiger charge is -2.33. The molecule has 2 rings (SSSR count). The van der Waals surface area contributed by atoms with Crippen LogP contribution in [0.5, 0.6) is 11.5 Å². The molecule has 1 fully saturated rings. The van der Waals surface area contributed by atoms with Gasteiger partial charge < -0.3 is 24.4 Å². The lowest BCUT2D eigenvalue weighted by Crippen LogP contribution is -2.48. The standard InChI is InChI=1S/C25H39ClN2O5/c1-4-15-33-21-13-12-19(17-22(21)31-3)24(25(30)27-20-10-7-6-8-11-20)28(23(29)18-26)14-9-16-32-5-2/h12-13,17,20,24H,4-11,14-16,18H2,1-3H3,(H,27,30). The van der Waals surface area contributed by atoms with E-state index in [2.05, 4.69) is 5.32 Å². The van der Waals surface area contributed by atoms with Crippen molar-refractivity contribution in [1.29, 1.82) is 0 Å². The fourth-order valence-electron chi connectivity index (χ4n) is 4.14. The SMILES string of the molecule is CCCOc1ccc(C(C(=O)NC2CCCCC2)N(CCCOCC)C(=O)CCl)cc1OC. The predicted octanol–water partition coefficient (Wildman–Crippen LogP) is 4.47. The number of carbonyl (C=O) groups is 2. The molecule has 0 saturated heterocycles. The van der Waals surface area contributed by atoms with Crippen LogP contribution in [0.3, 0.4) is 0 Å². The molecule has 0 bridgehead atoms. The van der Waals surface area contributed by atoms with Crippen LogP contribution in [0.15, 0.2) is 18.2 Å². The van der Waals surface area contributed by atoms with E-state index < -0.39 is 6.04 Å². The number of nitrogens with one attached hydrogen (secondary N) is 1. The van der Waals surface area contributed by atoms with E-state index in [1.54, 1.807) is 24.1 Å². The van der Waals surface area contributed by atoms with Crippen LogP contribution in [0.4, 0.5) is 0 Å². The highest BCUT2D eigenvalue weighted by atomic mass is 35.5. The van der Waals surface area contributed by atoms with Gasteiger partial charge in [0.05, 0.1) is 13.7 Å². The number of alkyl halides is 1. The molecule has 33 heavy (non-hydrogen) atoms. The van der Waals surface area contributed by atoms with Crippen molar-refractivity contribution in [3.63, 3.8) is 0 Å². The van der Waals surface area contributed by atoms with Gasteiger partial charge in [0.2, 0.25) is 11.8 Å². The Morgan fingerprint density at radius 2 is 1.91 bits per heavy atom. The molecule has 1 aromatic rings. The van der Waals surface area contributed by atoms with E-state index in [9.17, 15) is 9.59 Å². The number of benzene rings is 1. The molecule has 0 radical (unpaired) electrons. The van der Waals surface area contributed by atoms with Gasteiger partial charge in [0, 0.05) is 25.8 Å². The predicted molar refractivity (Wildman–Crippen MR) is 130 cm³/mol. The van der Waals surface area contributed by atoms with Crippen molar-refractivity contribution in [2.75, 3.05) is 39.4 Å². The molecule has 2 amide bonds. The Labute approximate surface area is 203 Å². The minimum absolute atomic E-state index is 0.124. The molecule has 8 heteroatoms. The van der Waals surface area contributed by atoms with Crippen LogP contribution in [0.2, 0.25) is 0 Å². The Kier molecular flexibility index (Phi) is 12.4. The molecular formula is C25H39ClN2O5. The first-order valence-electron chi connectivity index (χ1n) is 12.1. The molecule has 1 saturated carbocycles. The van der Waals surface area contributed by atoms with Crippen LogP contribution >= 0.6 is 11.6 Å². The van der Waals surface area contributed by atoms with Gasteiger partial charge in [-0.25, -0.2) is 0 Å². The van der Waals surface area contributed by atoms with Crippen molar-refractivity contribution in [2.24, 2.45) is 0 Å². The monoisotopic (exact) mass is 482 g/mol. The summed E-state index contributed by atoms with van der Waals surface area (Å²) in [7, 11) is 1.57. The first kappa shape index (κ1) is 27.3. The van der Waals surface area contributed by atoms with Crippen molar-refractivity contribution in [3.8, 4) is 11.5 Å². The third kappa shape index (κ3) is 8.38. The van der Waals surface area contributed by atoms with E-state index in [4.69, 9.17) is 25.8 Å². The Hall–Kier alpha value is -1.99. The molecule has 186 valence electrons. The second-order valence-corrected chi connectivity index (χ2v) is 8.54. The van der Waals surface area contributed by atoms with E-state index in [1.807, 2.05) is 19.9 Å². The summed E-state index contributed by atoms with van der Waals surface area (Å²) >= 11 is 5.96. The normalized spacial score (nSPS) is 15.0. The lowest BCUT2D eigenvalue weighted by atomic mass is 9.94. The quantitative estimate of drug-likeness (QED) is 0.313. The summed E-state index contributed by atoms with van der Waals surface area (Å²) in [6.07, 6.45) is 6.80. The topological polar surface area (TPSA) is 77.1 Å². The van der Waals surface area contributed by atoms with Crippen LogP contribution in [-0.4, -0.2) is 62.1 Å². The molecule has 1 unspecified atom stereocenters. The van der Waals surface area contributed by atoms with E-state index in [1.165, 1.54) is 6.42 Å². The van der Waals surface area contributed by atoms with Gasteiger partial charge in [-0.2, -0.15) is 0 Å². The maximum Gasteiger partial charge on any atom is 0.247 e. The minimum Gasteiger partial charge on any atom is -0.493 e. The molecule has 0 aromatic heterocycles. The summed E-state index contributed by atoms with van der Waals surface area (Å²) in [5.41, 5.74) is 0.666. The Morgan fingerprint density at radius 3 is 2.55 bits per heavy atom. The molecule has 1 aromatic carbocycles. The van der Waals surface area contributed by atoms with Gasteiger partial charge >= 0.3 is 0 Å². The number of carbonyl (C=O) groups excluding carboxylic acids is 2. The van der Waals surface area contributed by atoms with E-state index >= 15 is 0 Å². The van der Waals surface area contributed by atoms with Crippen molar-refractivity contribution in [1.82, 2.24) is 10.2 Å². The average Bonchev–Trinajstić information content (AvgIpc) is 2.84. The summed E-state index contributed by atoms with van der Waals surface area (Å²) in [6, 6.07) is 4.73. The lowest BCUT2D eigenvalue weighted by molar-refractivity contribution is -0.139. The third-order valence-corrected chi connectivity index (χ3v) is 6.03. The van der Waals surface area contributed by atoms with Crippen LogP contribution < -0.4 is 14.8 Å². The van der Waals surface area contributed by atoms with Gasteiger partial charge in [0.15, 0.2) is 11.5 Å². The maximum atomic E-state index is 13.6. The second-order valence-electron chi connectivity index (χ2n) is 8.28. The third-order valence-electron chi connectivity index (χ3n) is 5.80. The molecule has 0 heterocycles. The van der Waals surface area contributed by atoms with Crippen LogP contribution in [0.25, 0.3) is 0 Å². The van der Waals surface area contributed by atoms with Crippen molar-refractivity contribution >= 4 is 23.4 Å². The van der Waals surface area contributed by atoms with Gasteiger partial charge in [-0.1, -0.05) is 32.3 Å². The zero-order valence-corrected chi connectivity index (χ0v) is 21.0. The number of hydrogen-bond donors (Lipinski definition) is 1. The molecule has 7 nitrogen and oxygen atoms in total. The first-order valence-corrected chi connectivity index (χ1v) is 12.6. The molecule has 1 aliphatic carbocycles. The Bertz CT molecular complexity index is 740. The summed E-state index contributed by atoms with van der Waals surface area (Å²) in [6.45, 7) is 6.00. The molecule has 1 aliphatic rings. The average molecular weight is 483 g/mol. The molecule has 0 spiro atoms. The number of ether oxygens (including phenoxy) is 3. The van der Waals surface area contributed by atoms with Gasteiger partial charge in [-0.05, 0) is 50.3 Å². The smallest absolute Gasteiger partial charge is 0.247 e. The number of methoxy groups -OCH3 is 1. The zero-order chi connectivity index (χ0) is 24.1. The zero-order valence-electron chi connectivity index (χ0n) is 20.2. The fourth-order valence-corrected chi connectivity index (χ4v) is 4.29. The maximum absolute atomic E-state index is 13.6. The Balaban J connectivity index is 2.36. The summed E-state index contributed by atoms with van der Waals surface area (Å²) in [4.78, 5) is 28.0. The number of rotatable bonds is 14. The highest BCUT2D eigenvalue weighted by molar-refractivity contribution is 6.27. The van der Waals surface area contributed by atoms with Crippen LogP contribution in [-0.2, 0) is 14.3 Å². The molecule has 0 aliphatic heterocycles. The van der Waals surface area contributed by atoms with E-state index in [-0.39, 0.29) is 23.7 Å². The fraction of sp³-hybridized carbons (Fsp3) is 0.680. The summed E-state index contributed by atoms with van der Waals surface area (Å²) in [5.74, 6) is 0.463. The Morgan fingerprint density at radius 1 is 1.15 bits per heavy atom. The number of amides is 2. The number of hydrogen-bond acceptors (Lipinski definition) is 5. The van der Waals surface area contributed by atoms with Crippen molar-refractivity contribution < 1.29 is 23.8 Å². The van der Waals surface area contributed by atoms with Crippen molar-refractivity contribution in [3.05, 3.63) is 23.8 Å². The van der Waals surface area contributed by atoms with Gasteiger partial charge in [0.25, 0.3) is 0 Å². The molecule has 1 atom stereocenters. The highest BCUT2D eigenvalue weighted by Gasteiger charge is 2.33. The minimum atomic E-state index is -0.811. The summed E-state index contributed by atoms with van der Waals surface area (Å²) < 4.78 is 16.8. The molecular weight excluding hydrogens is 444 g/mol. The largest absolute Gasteiger partial charge is 0.493 e. The van der Waals surface area contributed by atoms with Gasteiger partial charge in [-0.3, -0.25) is 9.59 Å². The van der Waals surface area contributed by atoms with Gasteiger partial charge in [0.1, 0.15) is 11.9 Å². The number of nitrogens with zero attached hydrogens (tertiary/aromatic N) is 1. The molecule has 1 N–H and O–H groups in total. The highest BCUT2D eigenvalue weighted by Crippen LogP contribution is 2.33. The van der Waals surface area contributed by atoms with Gasteiger partial charge in [-0.15, -0.1) is 11.6 Å². The summed E-state index contributed by atoms with van der Waals surface area (Å²) in [5, 5.41) is 3.19. The van der Waals surface area contributed by atoms with Crippen molar-refractivity contribution in [2.45, 2.75) is 70.9 Å².